The lowest BCUT2D eigenvalue weighted by Crippen LogP contribution is -2.11. The van der Waals surface area contributed by atoms with Gasteiger partial charge in [-0.3, -0.25) is 0 Å². The van der Waals surface area contributed by atoms with Crippen molar-refractivity contribution in [3.8, 4) is 5.75 Å². The van der Waals surface area contributed by atoms with E-state index in [9.17, 15) is 0 Å². The molecule has 4 nitrogen and oxygen atoms in total. The number of halogens is 1. The van der Waals surface area contributed by atoms with Crippen LogP contribution < -0.4 is 10.5 Å². The molecular weight excluding hydrogens is 250 g/mol. The van der Waals surface area contributed by atoms with E-state index in [0.29, 0.717) is 18.1 Å². The minimum atomic E-state index is 0.587. The SMILES string of the molecule is COc1ccc(Cl)cc1Cn1ccnc1CCN. The highest BCUT2D eigenvalue weighted by Gasteiger charge is 2.07. The van der Waals surface area contributed by atoms with E-state index in [0.717, 1.165) is 23.6 Å². The highest BCUT2D eigenvalue weighted by molar-refractivity contribution is 6.30. The van der Waals surface area contributed by atoms with Crippen LogP contribution in [0.2, 0.25) is 5.02 Å². The number of nitrogens with two attached hydrogens (primary N) is 1. The largest absolute Gasteiger partial charge is 0.496 e. The molecule has 2 aromatic rings. The number of imidazole rings is 1. The van der Waals surface area contributed by atoms with Crippen LogP contribution in [0.15, 0.2) is 30.6 Å². The standard InChI is InChI=1S/C13H16ClN3O/c1-18-12-3-2-11(14)8-10(12)9-17-7-6-16-13(17)4-5-15/h2-3,6-8H,4-5,9,15H2,1H3. The molecule has 1 aromatic carbocycles. The summed E-state index contributed by atoms with van der Waals surface area (Å²) < 4.78 is 7.39. The number of rotatable bonds is 5. The van der Waals surface area contributed by atoms with Crippen molar-refractivity contribution in [1.82, 2.24) is 9.55 Å². The Morgan fingerprint density at radius 3 is 3.00 bits per heavy atom. The van der Waals surface area contributed by atoms with Gasteiger partial charge in [-0.25, -0.2) is 4.98 Å². The summed E-state index contributed by atoms with van der Waals surface area (Å²) in [6.07, 6.45) is 4.48. The third kappa shape index (κ3) is 2.83. The maximum atomic E-state index is 6.01. The maximum Gasteiger partial charge on any atom is 0.123 e. The second kappa shape index (κ2) is 5.89. The summed E-state index contributed by atoms with van der Waals surface area (Å²) in [7, 11) is 1.65. The average molecular weight is 266 g/mol. The lowest BCUT2D eigenvalue weighted by atomic mass is 10.2. The molecule has 2 rings (SSSR count). The molecule has 1 heterocycles. The Morgan fingerprint density at radius 2 is 2.28 bits per heavy atom. The fourth-order valence-electron chi connectivity index (χ4n) is 1.90. The summed E-state index contributed by atoms with van der Waals surface area (Å²) in [5, 5.41) is 0.700. The van der Waals surface area contributed by atoms with Crippen molar-refractivity contribution in [3.05, 3.63) is 47.0 Å². The summed E-state index contributed by atoms with van der Waals surface area (Å²) in [6.45, 7) is 1.27. The average Bonchev–Trinajstić information content (AvgIpc) is 2.78. The molecule has 96 valence electrons. The number of methoxy groups -OCH3 is 1. The Morgan fingerprint density at radius 1 is 1.44 bits per heavy atom. The van der Waals surface area contributed by atoms with Crippen molar-refractivity contribution in [2.24, 2.45) is 5.73 Å². The second-order valence-corrected chi connectivity index (χ2v) is 4.40. The fourth-order valence-corrected chi connectivity index (χ4v) is 2.09. The smallest absolute Gasteiger partial charge is 0.123 e. The van der Waals surface area contributed by atoms with Crippen LogP contribution in [0.3, 0.4) is 0 Å². The van der Waals surface area contributed by atoms with E-state index in [4.69, 9.17) is 22.1 Å². The zero-order valence-corrected chi connectivity index (χ0v) is 11.0. The van der Waals surface area contributed by atoms with E-state index in [1.807, 2.05) is 24.4 Å². The van der Waals surface area contributed by atoms with Gasteiger partial charge in [0, 0.05) is 29.4 Å². The molecule has 0 bridgehead atoms. The number of nitrogens with zero attached hydrogens (tertiary/aromatic N) is 2. The molecule has 0 saturated heterocycles. The van der Waals surface area contributed by atoms with Gasteiger partial charge in [-0.1, -0.05) is 11.6 Å². The minimum Gasteiger partial charge on any atom is -0.496 e. The van der Waals surface area contributed by atoms with Crippen molar-refractivity contribution in [2.75, 3.05) is 13.7 Å². The summed E-state index contributed by atoms with van der Waals surface area (Å²) in [4.78, 5) is 4.29. The monoisotopic (exact) mass is 265 g/mol. The van der Waals surface area contributed by atoms with Crippen molar-refractivity contribution in [3.63, 3.8) is 0 Å². The van der Waals surface area contributed by atoms with E-state index in [2.05, 4.69) is 9.55 Å². The molecule has 2 N–H and O–H groups in total. The quantitative estimate of drug-likeness (QED) is 0.901. The van der Waals surface area contributed by atoms with Gasteiger partial charge in [0.1, 0.15) is 11.6 Å². The van der Waals surface area contributed by atoms with Crippen LogP contribution in [0.5, 0.6) is 5.75 Å². The number of benzene rings is 1. The first kappa shape index (κ1) is 12.9. The zero-order chi connectivity index (χ0) is 13.0. The Labute approximate surface area is 111 Å². The van der Waals surface area contributed by atoms with Gasteiger partial charge in [0.25, 0.3) is 0 Å². The summed E-state index contributed by atoms with van der Waals surface area (Å²) in [5.41, 5.74) is 6.59. The van der Waals surface area contributed by atoms with E-state index in [1.165, 1.54) is 0 Å². The van der Waals surface area contributed by atoms with Crippen LogP contribution in [-0.2, 0) is 13.0 Å². The molecule has 5 heteroatoms. The normalized spacial score (nSPS) is 10.6. The first-order chi connectivity index (χ1) is 8.74. The van der Waals surface area contributed by atoms with E-state index >= 15 is 0 Å². The number of hydrogen-bond donors (Lipinski definition) is 1. The highest BCUT2D eigenvalue weighted by Crippen LogP contribution is 2.23. The van der Waals surface area contributed by atoms with Gasteiger partial charge >= 0.3 is 0 Å². The number of aromatic nitrogens is 2. The summed E-state index contributed by atoms with van der Waals surface area (Å²) in [6, 6.07) is 5.60. The molecule has 0 atom stereocenters. The molecule has 0 amide bonds. The Balaban J connectivity index is 2.27. The first-order valence-corrected chi connectivity index (χ1v) is 6.15. The van der Waals surface area contributed by atoms with Crippen LogP contribution in [-0.4, -0.2) is 23.2 Å². The van der Waals surface area contributed by atoms with Crippen molar-refractivity contribution >= 4 is 11.6 Å². The molecule has 0 fully saturated rings. The van der Waals surface area contributed by atoms with Gasteiger partial charge in [0.2, 0.25) is 0 Å². The Hall–Kier alpha value is -1.52. The van der Waals surface area contributed by atoms with Gasteiger partial charge in [0.15, 0.2) is 0 Å². The molecule has 0 saturated carbocycles. The van der Waals surface area contributed by atoms with Crippen LogP contribution >= 0.6 is 11.6 Å². The molecule has 0 aliphatic carbocycles. The van der Waals surface area contributed by atoms with E-state index in [-0.39, 0.29) is 0 Å². The van der Waals surface area contributed by atoms with Crippen LogP contribution in [0.25, 0.3) is 0 Å². The van der Waals surface area contributed by atoms with Crippen LogP contribution in [0, 0.1) is 0 Å². The molecule has 0 spiro atoms. The maximum absolute atomic E-state index is 6.01. The van der Waals surface area contributed by atoms with Crippen LogP contribution in [0.1, 0.15) is 11.4 Å². The second-order valence-electron chi connectivity index (χ2n) is 3.97. The number of ether oxygens (including phenoxy) is 1. The Kier molecular flexibility index (Phi) is 4.23. The first-order valence-electron chi connectivity index (χ1n) is 5.77. The highest BCUT2D eigenvalue weighted by atomic mass is 35.5. The predicted molar refractivity (Wildman–Crippen MR) is 72.1 cm³/mol. The third-order valence-corrected chi connectivity index (χ3v) is 2.99. The van der Waals surface area contributed by atoms with Gasteiger partial charge in [-0.15, -0.1) is 0 Å². The van der Waals surface area contributed by atoms with E-state index in [1.54, 1.807) is 13.3 Å². The van der Waals surface area contributed by atoms with Gasteiger partial charge in [-0.05, 0) is 24.7 Å². The summed E-state index contributed by atoms with van der Waals surface area (Å²) in [5.74, 6) is 1.80. The molecular formula is C13H16ClN3O. The lowest BCUT2D eigenvalue weighted by Gasteiger charge is -2.11. The number of hydrogen-bond acceptors (Lipinski definition) is 3. The molecule has 0 radical (unpaired) electrons. The van der Waals surface area contributed by atoms with Crippen molar-refractivity contribution in [2.45, 2.75) is 13.0 Å². The van der Waals surface area contributed by atoms with Crippen molar-refractivity contribution < 1.29 is 4.74 Å². The van der Waals surface area contributed by atoms with Crippen LogP contribution in [0.4, 0.5) is 0 Å². The zero-order valence-electron chi connectivity index (χ0n) is 10.3. The molecule has 1 aromatic heterocycles. The molecule has 0 aliphatic heterocycles. The Bertz CT molecular complexity index is 525. The molecule has 0 unspecified atom stereocenters. The van der Waals surface area contributed by atoms with Gasteiger partial charge in [-0.2, -0.15) is 0 Å². The topological polar surface area (TPSA) is 53.1 Å². The van der Waals surface area contributed by atoms with Gasteiger partial charge < -0.3 is 15.0 Å². The molecule has 0 aliphatic rings. The predicted octanol–water partition coefficient (Wildman–Crippen LogP) is 2.09. The summed E-state index contributed by atoms with van der Waals surface area (Å²) >= 11 is 6.01. The van der Waals surface area contributed by atoms with E-state index < -0.39 is 0 Å². The van der Waals surface area contributed by atoms with Crippen molar-refractivity contribution in [1.29, 1.82) is 0 Å². The lowest BCUT2D eigenvalue weighted by molar-refractivity contribution is 0.408. The fraction of sp³-hybridized carbons (Fsp3) is 0.308. The minimum absolute atomic E-state index is 0.587. The van der Waals surface area contributed by atoms with Gasteiger partial charge in [0.05, 0.1) is 13.7 Å². The third-order valence-electron chi connectivity index (χ3n) is 2.75. The molecule has 18 heavy (non-hydrogen) atoms.